The molecular weight excluding hydrogens is 452 g/mol. The highest BCUT2D eigenvalue weighted by Gasteiger charge is 2.45. The minimum atomic E-state index is -1.22. The molecule has 5 rings (SSSR count). The van der Waals surface area contributed by atoms with Crippen molar-refractivity contribution in [1.82, 2.24) is 24.8 Å². The van der Waals surface area contributed by atoms with Crippen molar-refractivity contribution >= 4 is 34.4 Å². The summed E-state index contributed by atoms with van der Waals surface area (Å²) in [6, 6.07) is 0.00794. The Morgan fingerprint density at radius 3 is 2.82 bits per heavy atom. The molecule has 4 heterocycles. The van der Waals surface area contributed by atoms with Gasteiger partial charge in [-0.25, -0.2) is 15.0 Å². The highest BCUT2D eigenvalue weighted by atomic mass is 32.1. The first kappa shape index (κ1) is 22.6. The van der Waals surface area contributed by atoms with Gasteiger partial charge in [0.1, 0.15) is 31.2 Å². The molecule has 3 aliphatic rings. The SMILES string of the molecule is OC1CCCC1NC(=S)OCC1OC(n2cnc3c(NC4CCOC4)ncnc32)C(O)C1O. The Bertz CT molecular complexity index is 987. The van der Waals surface area contributed by atoms with Gasteiger partial charge in [0, 0.05) is 6.61 Å². The van der Waals surface area contributed by atoms with Crippen LogP contribution in [0.2, 0.25) is 0 Å². The van der Waals surface area contributed by atoms with Crippen molar-refractivity contribution < 1.29 is 29.5 Å². The topological polar surface area (TPSA) is 156 Å². The number of imidazole rings is 1. The predicted octanol–water partition coefficient (Wildman–Crippen LogP) is -0.549. The van der Waals surface area contributed by atoms with Gasteiger partial charge in [-0.1, -0.05) is 0 Å². The molecule has 13 heteroatoms. The molecule has 0 aromatic carbocycles. The summed E-state index contributed by atoms with van der Waals surface area (Å²) >= 11 is 5.20. The van der Waals surface area contributed by atoms with Crippen molar-refractivity contribution in [1.29, 1.82) is 0 Å². The number of nitrogens with one attached hydrogen (secondary N) is 2. The van der Waals surface area contributed by atoms with Gasteiger partial charge >= 0.3 is 0 Å². The summed E-state index contributed by atoms with van der Waals surface area (Å²) in [7, 11) is 0. The molecule has 5 N–H and O–H groups in total. The van der Waals surface area contributed by atoms with Gasteiger partial charge in [-0.15, -0.1) is 0 Å². The molecule has 2 saturated heterocycles. The Hall–Kier alpha value is -2.16. The van der Waals surface area contributed by atoms with E-state index in [4.69, 9.17) is 26.4 Å². The van der Waals surface area contributed by atoms with Crippen LogP contribution in [-0.4, -0.2) is 96.3 Å². The minimum Gasteiger partial charge on any atom is -0.468 e. The molecule has 2 aliphatic heterocycles. The number of aliphatic hydroxyl groups excluding tert-OH is 3. The normalized spacial score (nSPS) is 34.1. The third kappa shape index (κ3) is 4.61. The second kappa shape index (κ2) is 9.60. The van der Waals surface area contributed by atoms with Gasteiger partial charge in [0.2, 0.25) is 0 Å². The number of fused-ring (bicyclic) bond motifs is 1. The number of ether oxygens (including phenoxy) is 3. The first-order chi connectivity index (χ1) is 16.0. The maximum atomic E-state index is 10.7. The second-order valence-electron chi connectivity index (χ2n) is 8.65. The first-order valence-corrected chi connectivity index (χ1v) is 11.6. The van der Waals surface area contributed by atoms with Crippen LogP contribution in [0.1, 0.15) is 31.9 Å². The summed E-state index contributed by atoms with van der Waals surface area (Å²) < 4.78 is 18.4. The molecule has 0 spiro atoms. The van der Waals surface area contributed by atoms with E-state index in [1.54, 1.807) is 4.57 Å². The van der Waals surface area contributed by atoms with E-state index in [2.05, 4.69) is 25.6 Å². The van der Waals surface area contributed by atoms with Gasteiger partial charge in [-0.2, -0.15) is 0 Å². The molecule has 3 fully saturated rings. The summed E-state index contributed by atoms with van der Waals surface area (Å²) in [6.07, 6.45) is 1.68. The number of nitrogens with zero attached hydrogens (tertiary/aromatic N) is 4. The van der Waals surface area contributed by atoms with E-state index in [1.807, 2.05) is 0 Å². The Labute approximate surface area is 195 Å². The molecule has 1 saturated carbocycles. The van der Waals surface area contributed by atoms with Crippen molar-refractivity contribution in [2.75, 3.05) is 25.1 Å². The highest BCUT2D eigenvalue weighted by Crippen LogP contribution is 2.32. The molecular formula is C20H28N6O6S. The molecule has 0 amide bonds. The number of aromatic nitrogens is 4. The van der Waals surface area contributed by atoms with Crippen LogP contribution in [0.3, 0.4) is 0 Å². The maximum Gasteiger partial charge on any atom is 0.257 e. The van der Waals surface area contributed by atoms with Gasteiger partial charge in [-0.3, -0.25) is 4.57 Å². The Morgan fingerprint density at radius 2 is 2.06 bits per heavy atom. The van der Waals surface area contributed by atoms with Crippen LogP contribution in [0.4, 0.5) is 5.82 Å². The Morgan fingerprint density at radius 1 is 1.18 bits per heavy atom. The van der Waals surface area contributed by atoms with Crippen molar-refractivity contribution in [3.63, 3.8) is 0 Å². The molecule has 7 unspecified atom stereocenters. The lowest BCUT2D eigenvalue weighted by Crippen LogP contribution is -2.42. The van der Waals surface area contributed by atoms with Gasteiger partial charge in [0.05, 0.1) is 31.1 Å². The molecule has 2 aromatic rings. The molecule has 33 heavy (non-hydrogen) atoms. The van der Waals surface area contributed by atoms with E-state index in [1.165, 1.54) is 12.7 Å². The smallest absolute Gasteiger partial charge is 0.257 e. The van der Waals surface area contributed by atoms with Gasteiger partial charge in [0.15, 0.2) is 23.2 Å². The van der Waals surface area contributed by atoms with E-state index in [9.17, 15) is 15.3 Å². The Kier molecular flexibility index (Phi) is 6.58. The van der Waals surface area contributed by atoms with Crippen LogP contribution in [0.5, 0.6) is 0 Å². The number of thiocarbonyl (C=S) groups is 1. The average Bonchev–Trinajstić information content (AvgIpc) is 3.59. The van der Waals surface area contributed by atoms with Crippen LogP contribution < -0.4 is 10.6 Å². The van der Waals surface area contributed by atoms with Crippen molar-refractivity contribution in [3.05, 3.63) is 12.7 Å². The van der Waals surface area contributed by atoms with Crippen LogP contribution in [0.25, 0.3) is 11.2 Å². The highest BCUT2D eigenvalue weighted by molar-refractivity contribution is 7.80. The summed E-state index contributed by atoms with van der Waals surface area (Å²) in [5.41, 5.74) is 1.01. The molecule has 2 aromatic heterocycles. The molecule has 0 radical (unpaired) electrons. The van der Waals surface area contributed by atoms with Gasteiger partial charge in [-0.05, 0) is 37.9 Å². The monoisotopic (exact) mass is 480 g/mol. The van der Waals surface area contributed by atoms with Crippen molar-refractivity contribution in [3.8, 4) is 0 Å². The van der Waals surface area contributed by atoms with Crippen LogP contribution in [0, 0.1) is 0 Å². The number of hydrogen-bond donors (Lipinski definition) is 5. The fourth-order valence-corrected chi connectivity index (χ4v) is 4.76. The van der Waals surface area contributed by atoms with Gasteiger partial charge < -0.3 is 40.2 Å². The lowest BCUT2D eigenvalue weighted by Gasteiger charge is -2.20. The third-order valence-corrected chi connectivity index (χ3v) is 6.64. The van der Waals surface area contributed by atoms with Gasteiger partial charge in [0.25, 0.3) is 5.17 Å². The van der Waals surface area contributed by atoms with Crippen molar-refractivity contribution in [2.24, 2.45) is 0 Å². The largest absolute Gasteiger partial charge is 0.468 e. The summed E-state index contributed by atoms with van der Waals surface area (Å²) in [5.74, 6) is 0.577. The first-order valence-electron chi connectivity index (χ1n) is 11.2. The van der Waals surface area contributed by atoms with E-state index in [-0.39, 0.29) is 23.9 Å². The second-order valence-corrected chi connectivity index (χ2v) is 9.02. The van der Waals surface area contributed by atoms with E-state index >= 15 is 0 Å². The van der Waals surface area contributed by atoms with Crippen LogP contribution in [0.15, 0.2) is 12.7 Å². The summed E-state index contributed by atoms with van der Waals surface area (Å²) in [4.78, 5) is 13.0. The van der Waals surface area contributed by atoms with Crippen molar-refractivity contribution in [2.45, 2.75) is 68.4 Å². The summed E-state index contributed by atoms with van der Waals surface area (Å²) in [5, 5.41) is 37.5. The zero-order valence-corrected chi connectivity index (χ0v) is 18.7. The molecule has 12 nitrogen and oxygen atoms in total. The van der Waals surface area contributed by atoms with Crippen LogP contribution in [-0.2, 0) is 14.2 Å². The number of aliphatic hydroxyl groups is 3. The lowest BCUT2D eigenvalue weighted by molar-refractivity contribution is -0.0493. The van der Waals surface area contributed by atoms with E-state index in [0.717, 1.165) is 25.7 Å². The fraction of sp³-hybridized carbons (Fsp3) is 0.700. The standard InChI is InChI=1S/C20H28N6O6S/c27-12-3-1-2-11(12)25-20(33)31-7-13-15(28)16(29)19(32-13)26-9-23-14-17(21-8-22-18(14)26)24-10-4-5-30-6-10/h8-13,15-16,19,27-29H,1-7H2,(H,25,33)(H,21,22,24). The maximum absolute atomic E-state index is 10.7. The average molecular weight is 481 g/mol. The fourth-order valence-electron chi connectivity index (χ4n) is 4.54. The molecule has 7 atom stereocenters. The van der Waals surface area contributed by atoms with E-state index in [0.29, 0.717) is 30.2 Å². The number of rotatable bonds is 6. The minimum absolute atomic E-state index is 0.0561. The lowest BCUT2D eigenvalue weighted by atomic mass is 10.1. The Balaban J connectivity index is 1.24. The predicted molar refractivity (Wildman–Crippen MR) is 119 cm³/mol. The zero-order chi connectivity index (χ0) is 22.9. The molecule has 1 aliphatic carbocycles. The van der Waals surface area contributed by atoms with E-state index < -0.39 is 30.6 Å². The molecule has 0 bridgehead atoms. The molecule has 180 valence electrons. The number of anilines is 1. The van der Waals surface area contributed by atoms with Crippen LogP contribution >= 0.6 is 12.2 Å². The summed E-state index contributed by atoms with van der Waals surface area (Å²) in [6.45, 7) is 1.24. The zero-order valence-electron chi connectivity index (χ0n) is 17.9. The quantitative estimate of drug-likeness (QED) is 0.337. The number of hydrogen-bond acceptors (Lipinski definition) is 11. The third-order valence-electron chi connectivity index (χ3n) is 6.40.